The normalized spacial score (nSPS) is 17.4. The van der Waals surface area contributed by atoms with E-state index in [4.69, 9.17) is 11.6 Å². The summed E-state index contributed by atoms with van der Waals surface area (Å²) in [4.78, 5) is 32.6. The van der Waals surface area contributed by atoms with Crippen molar-refractivity contribution in [2.45, 2.75) is 26.3 Å². The van der Waals surface area contributed by atoms with Crippen molar-refractivity contribution < 1.29 is 14.7 Å². The van der Waals surface area contributed by atoms with Gasteiger partial charge in [-0.15, -0.1) is 11.3 Å². The van der Waals surface area contributed by atoms with Crippen LogP contribution in [0.1, 0.15) is 31.2 Å². The third-order valence-corrected chi connectivity index (χ3v) is 6.64. The van der Waals surface area contributed by atoms with Gasteiger partial charge in [0.2, 0.25) is 0 Å². The van der Waals surface area contributed by atoms with Crippen LogP contribution in [-0.2, 0) is 9.59 Å². The molecule has 0 radical (unpaired) electrons. The number of ketones is 1. The molecule has 0 spiro atoms. The number of hydrogen-bond donors (Lipinski definition) is 1. The zero-order valence-electron chi connectivity index (χ0n) is 15.2. The molecule has 144 valence electrons. The molecule has 4 rings (SSSR count). The van der Waals surface area contributed by atoms with Gasteiger partial charge < -0.3 is 5.11 Å². The molecule has 2 aromatic heterocycles. The number of thiophene rings is 1. The second-order valence-corrected chi connectivity index (χ2v) is 9.41. The second-order valence-electron chi connectivity index (χ2n) is 6.99. The average Bonchev–Trinajstić information content (AvgIpc) is 3.33. The van der Waals surface area contributed by atoms with Crippen LogP contribution in [0.5, 0.6) is 0 Å². The second kappa shape index (κ2) is 7.31. The summed E-state index contributed by atoms with van der Waals surface area (Å²) < 4.78 is 0.835. The molecule has 3 aromatic rings. The molecule has 0 saturated carbocycles. The molecule has 1 aliphatic rings. The summed E-state index contributed by atoms with van der Waals surface area (Å²) in [5, 5.41) is 13.5. The number of Topliss-reactive ketones (excluding diaryl/α,β-unsaturated/α-hetero) is 1. The number of benzene rings is 1. The number of halogens is 1. The lowest BCUT2D eigenvalue weighted by atomic mass is 9.96. The molecule has 0 fully saturated rings. The number of aromatic nitrogens is 1. The highest BCUT2D eigenvalue weighted by molar-refractivity contribution is 7.22. The first-order valence-electron chi connectivity index (χ1n) is 8.76. The van der Waals surface area contributed by atoms with Gasteiger partial charge in [0.25, 0.3) is 5.91 Å². The number of thiazole rings is 1. The molecule has 1 aliphatic heterocycles. The van der Waals surface area contributed by atoms with Crippen molar-refractivity contribution in [3.8, 4) is 0 Å². The third-order valence-electron chi connectivity index (χ3n) is 4.46. The standard InChI is InChI=1S/C20H17ClN2O3S2/c1-10(2)8-13(24)16-17(14-4-3-7-27-14)23(19(26)18(16)25)20-22-12-6-5-11(21)9-15(12)28-20/h3-7,9-10,17,25H,8H2,1-2H3. The van der Waals surface area contributed by atoms with E-state index in [9.17, 15) is 14.7 Å². The molecule has 1 aromatic carbocycles. The Labute approximate surface area is 174 Å². The minimum absolute atomic E-state index is 0.116. The molecule has 5 nitrogen and oxygen atoms in total. The fourth-order valence-corrected chi connectivity index (χ4v) is 5.37. The quantitative estimate of drug-likeness (QED) is 0.575. The summed E-state index contributed by atoms with van der Waals surface area (Å²) in [6, 6.07) is 8.37. The largest absolute Gasteiger partial charge is 0.503 e. The number of aliphatic hydroxyl groups excluding tert-OH is 1. The fraction of sp³-hybridized carbons (Fsp3) is 0.250. The lowest BCUT2D eigenvalue weighted by Gasteiger charge is -2.23. The van der Waals surface area contributed by atoms with Crippen molar-refractivity contribution in [2.75, 3.05) is 4.90 Å². The zero-order chi connectivity index (χ0) is 20.0. The predicted molar refractivity (Wildman–Crippen MR) is 113 cm³/mol. The van der Waals surface area contributed by atoms with Crippen LogP contribution in [-0.4, -0.2) is 21.8 Å². The first-order chi connectivity index (χ1) is 13.4. The maximum atomic E-state index is 13.0. The molecular formula is C20H17ClN2O3S2. The van der Waals surface area contributed by atoms with E-state index in [1.54, 1.807) is 18.2 Å². The molecule has 28 heavy (non-hydrogen) atoms. The van der Waals surface area contributed by atoms with Crippen LogP contribution in [0.3, 0.4) is 0 Å². The molecule has 0 saturated heterocycles. The van der Waals surface area contributed by atoms with E-state index in [1.807, 2.05) is 31.4 Å². The van der Waals surface area contributed by atoms with Gasteiger partial charge in [-0.3, -0.25) is 14.5 Å². The van der Waals surface area contributed by atoms with Crippen LogP contribution in [0.25, 0.3) is 10.2 Å². The summed E-state index contributed by atoms with van der Waals surface area (Å²) in [6.07, 6.45) is 0.262. The van der Waals surface area contributed by atoms with Gasteiger partial charge in [0.1, 0.15) is 6.04 Å². The molecular weight excluding hydrogens is 416 g/mol. The van der Waals surface area contributed by atoms with E-state index in [0.29, 0.717) is 15.7 Å². The summed E-state index contributed by atoms with van der Waals surface area (Å²) in [6.45, 7) is 3.86. The Balaban J connectivity index is 1.84. The number of carbonyl (C=O) groups is 2. The Kier molecular flexibility index (Phi) is 4.99. The Morgan fingerprint density at radius 2 is 2.14 bits per heavy atom. The van der Waals surface area contributed by atoms with Crippen LogP contribution in [0.4, 0.5) is 5.13 Å². The number of fused-ring (bicyclic) bond motifs is 1. The van der Waals surface area contributed by atoms with E-state index in [2.05, 4.69) is 4.98 Å². The van der Waals surface area contributed by atoms with Crippen molar-refractivity contribution in [3.63, 3.8) is 0 Å². The Bertz CT molecular complexity index is 1100. The van der Waals surface area contributed by atoms with Gasteiger partial charge in [-0.1, -0.05) is 42.9 Å². The van der Waals surface area contributed by atoms with Gasteiger partial charge in [-0.2, -0.15) is 0 Å². The Hall–Kier alpha value is -2.22. The molecule has 1 amide bonds. The van der Waals surface area contributed by atoms with Gasteiger partial charge in [0.15, 0.2) is 16.7 Å². The number of hydrogen-bond acceptors (Lipinski definition) is 6. The lowest BCUT2D eigenvalue weighted by Crippen LogP contribution is -2.30. The van der Waals surface area contributed by atoms with E-state index in [1.165, 1.54) is 27.6 Å². The highest BCUT2D eigenvalue weighted by Crippen LogP contribution is 2.45. The van der Waals surface area contributed by atoms with E-state index < -0.39 is 17.7 Å². The van der Waals surface area contributed by atoms with Gasteiger partial charge in [-0.25, -0.2) is 4.98 Å². The van der Waals surface area contributed by atoms with Crippen molar-refractivity contribution in [1.29, 1.82) is 0 Å². The summed E-state index contributed by atoms with van der Waals surface area (Å²) in [7, 11) is 0. The number of aliphatic hydroxyl groups is 1. The van der Waals surface area contributed by atoms with Crippen molar-refractivity contribution in [1.82, 2.24) is 4.98 Å². The smallest absolute Gasteiger partial charge is 0.296 e. The molecule has 8 heteroatoms. The first-order valence-corrected chi connectivity index (χ1v) is 10.8. The maximum Gasteiger partial charge on any atom is 0.296 e. The Morgan fingerprint density at radius 3 is 2.82 bits per heavy atom. The lowest BCUT2D eigenvalue weighted by molar-refractivity contribution is -0.118. The van der Waals surface area contributed by atoms with Crippen molar-refractivity contribution in [2.24, 2.45) is 5.92 Å². The van der Waals surface area contributed by atoms with E-state index in [0.717, 1.165) is 9.58 Å². The van der Waals surface area contributed by atoms with Crippen LogP contribution < -0.4 is 4.90 Å². The molecule has 3 heterocycles. The van der Waals surface area contributed by atoms with Gasteiger partial charge in [-0.05, 0) is 35.6 Å². The van der Waals surface area contributed by atoms with Crippen molar-refractivity contribution in [3.05, 3.63) is 56.9 Å². The van der Waals surface area contributed by atoms with Crippen LogP contribution >= 0.6 is 34.3 Å². The van der Waals surface area contributed by atoms with Crippen LogP contribution in [0, 0.1) is 5.92 Å². The minimum atomic E-state index is -0.671. The zero-order valence-corrected chi connectivity index (χ0v) is 17.6. The van der Waals surface area contributed by atoms with E-state index in [-0.39, 0.29) is 23.7 Å². The monoisotopic (exact) mass is 432 g/mol. The van der Waals surface area contributed by atoms with Crippen molar-refractivity contribution >= 4 is 61.3 Å². The topological polar surface area (TPSA) is 70.5 Å². The number of carbonyl (C=O) groups excluding carboxylic acids is 2. The summed E-state index contributed by atoms with van der Waals surface area (Å²) >= 11 is 8.81. The molecule has 0 bridgehead atoms. The highest BCUT2D eigenvalue weighted by Gasteiger charge is 2.45. The fourth-order valence-electron chi connectivity index (χ4n) is 3.27. The Morgan fingerprint density at radius 1 is 1.36 bits per heavy atom. The number of nitrogens with zero attached hydrogens (tertiary/aromatic N) is 2. The van der Waals surface area contributed by atoms with Gasteiger partial charge in [0, 0.05) is 16.3 Å². The SMILES string of the molecule is CC(C)CC(=O)C1=C(O)C(=O)N(c2nc3ccc(Cl)cc3s2)C1c1cccs1. The summed E-state index contributed by atoms with van der Waals surface area (Å²) in [5.74, 6) is -1.19. The van der Waals surface area contributed by atoms with E-state index >= 15 is 0 Å². The van der Waals surface area contributed by atoms with Gasteiger partial charge >= 0.3 is 0 Å². The first kappa shape index (κ1) is 19.1. The number of amides is 1. The summed E-state index contributed by atoms with van der Waals surface area (Å²) in [5.41, 5.74) is 0.863. The number of anilines is 1. The average molecular weight is 433 g/mol. The molecule has 1 unspecified atom stereocenters. The minimum Gasteiger partial charge on any atom is -0.503 e. The highest BCUT2D eigenvalue weighted by atomic mass is 35.5. The molecule has 1 N–H and O–H groups in total. The van der Waals surface area contributed by atoms with Crippen LogP contribution in [0.2, 0.25) is 5.02 Å². The molecule has 0 aliphatic carbocycles. The van der Waals surface area contributed by atoms with Gasteiger partial charge in [0.05, 0.1) is 15.8 Å². The van der Waals surface area contributed by atoms with Crippen LogP contribution in [0.15, 0.2) is 47.0 Å². The maximum absolute atomic E-state index is 13.0. The molecule has 1 atom stereocenters. The third kappa shape index (κ3) is 3.23. The number of rotatable bonds is 5. The predicted octanol–water partition coefficient (Wildman–Crippen LogP) is 5.53.